The molecule has 0 saturated carbocycles. The molecule has 0 aliphatic heterocycles. The molecule has 0 fully saturated rings. The lowest BCUT2D eigenvalue weighted by Crippen LogP contribution is -2.13. The van der Waals surface area contributed by atoms with Crippen LogP contribution in [0.15, 0.2) is 49.0 Å². The van der Waals surface area contributed by atoms with Crippen molar-refractivity contribution < 1.29 is 17.9 Å². The average molecular weight is 204 g/mol. The smallest absolute Gasteiger partial charge is 0.448 e. The number of alkyl halides is 3. The van der Waals surface area contributed by atoms with Gasteiger partial charge in [-0.25, -0.2) is 0 Å². The van der Waals surface area contributed by atoms with Crippen LogP contribution in [-0.4, -0.2) is 6.18 Å². The van der Waals surface area contributed by atoms with Crippen LogP contribution in [0.2, 0.25) is 0 Å². The maximum Gasteiger partial charge on any atom is 0.448 e. The van der Waals surface area contributed by atoms with Crippen molar-refractivity contribution in [3.05, 3.63) is 49.0 Å². The van der Waals surface area contributed by atoms with Crippen molar-refractivity contribution in [2.75, 3.05) is 0 Å². The van der Waals surface area contributed by atoms with Crippen LogP contribution in [0.1, 0.15) is 6.92 Å². The van der Waals surface area contributed by atoms with Gasteiger partial charge in [0, 0.05) is 0 Å². The lowest BCUT2D eigenvalue weighted by molar-refractivity contribution is -0.122. The number of hydrogen-bond acceptors (Lipinski definition) is 1. The van der Waals surface area contributed by atoms with Gasteiger partial charge < -0.3 is 4.74 Å². The quantitative estimate of drug-likeness (QED) is 0.501. The first-order valence-electron chi connectivity index (χ1n) is 3.81. The summed E-state index contributed by atoms with van der Waals surface area (Å²) < 4.78 is 40.4. The zero-order valence-corrected chi connectivity index (χ0v) is 7.77. The molecule has 0 N–H and O–H groups in total. The second-order valence-electron chi connectivity index (χ2n) is 2.31. The molecule has 78 valence electrons. The molecule has 14 heavy (non-hydrogen) atoms. The molecule has 0 aliphatic carbocycles. The van der Waals surface area contributed by atoms with Gasteiger partial charge in [-0.15, -0.1) is 0 Å². The van der Waals surface area contributed by atoms with Crippen LogP contribution in [0.4, 0.5) is 13.2 Å². The third-order valence-corrected chi connectivity index (χ3v) is 1.24. The molecule has 0 atom stereocenters. The van der Waals surface area contributed by atoms with E-state index in [0.29, 0.717) is 0 Å². The summed E-state index contributed by atoms with van der Waals surface area (Å²) in [6.07, 6.45) is 1.14. The highest BCUT2D eigenvalue weighted by Gasteiger charge is 2.34. The highest BCUT2D eigenvalue weighted by Crippen LogP contribution is 2.26. The van der Waals surface area contributed by atoms with E-state index in [1.807, 2.05) is 0 Å². The van der Waals surface area contributed by atoms with Gasteiger partial charge in [0.25, 0.3) is 0 Å². The fraction of sp³-hybridized carbons (Fsp3) is 0.200. The second-order valence-corrected chi connectivity index (χ2v) is 2.31. The topological polar surface area (TPSA) is 9.23 Å². The summed E-state index contributed by atoms with van der Waals surface area (Å²) in [5.41, 5.74) is 0. The zero-order valence-electron chi connectivity index (χ0n) is 7.77. The summed E-state index contributed by atoms with van der Waals surface area (Å²) >= 11 is 0. The second kappa shape index (κ2) is 5.32. The molecule has 0 spiro atoms. The van der Waals surface area contributed by atoms with Gasteiger partial charge in [-0.2, -0.15) is 13.2 Å². The fourth-order valence-electron chi connectivity index (χ4n) is 0.552. The SMILES string of the molecule is C=C/C=C\C(=C/C)OC(=C)C(F)(F)F. The Balaban J connectivity index is 4.43. The van der Waals surface area contributed by atoms with Gasteiger partial charge in [0.05, 0.1) is 0 Å². The van der Waals surface area contributed by atoms with Gasteiger partial charge >= 0.3 is 6.18 Å². The Morgan fingerprint density at radius 1 is 1.36 bits per heavy atom. The van der Waals surface area contributed by atoms with Crippen molar-refractivity contribution in [2.45, 2.75) is 13.1 Å². The average Bonchev–Trinajstić information content (AvgIpc) is 2.10. The lowest BCUT2D eigenvalue weighted by atomic mass is 10.4. The molecule has 0 rings (SSSR count). The van der Waals surface area contributed by atoms with Gasteiger partial charge in [-0.1, -0.05) is 25.3 Å². The standard InChI is InChI=1S/C10H11F3O/c1-4-6-7-9(5-2)14-8(3)10(11,12)13/h4-7H,1,3H2,2H3/b7-6-,9-5+. The Bertz CT molecular complexity index is 272. The highest BCUT2D eigenvalue weighted by atomic mass is 19.4. The molecule has 0 aromatic rings. The Morgan fingerprint density at radius 3 is 2.29 bits per heavy atom. The Hall–Kier alpha value is -1.45. The number of ether oxygens (including phenoxy) is 1. The lowest BCUT2D eigenvalue weighted by Gasteiger charge is -2.11. The molecular formula is C10H11F3O. The normalized spacial score (nSPS) is 13.0. The highest BCUT2D eigenvalue weighted by molar-refractivity contribution is 5.17. The molecule has 0 aromatic heterocycles. The van der Waals surface area contributed by atoms with E-state index in [2.05, 4.69) is 17.9 Å². The molecular weight excluding hydrogens is 193 g/mol. The maximum atomic E-state index is 12.0. The van der Waals surface area contributed by atoms with Crippen molar-refractivity contribution in [3.63, 3.8) is 0 Å². The van der Waals surface area contributed by atoms with Gasteiger partial charge in [-0.3, -0.25) is 0 Å². The summed E-state index contributed by atoms with van der Waals surface area (Å²) in [5.74, 6) is -1.16. The van der Waals surface area contributed by atoms with Crippen molar-refractivity contribution >= 4 is 0 Å². The van der Waals surface area contributed by atoms with Crippen LogP contribution in [0.25, 0.3) is 0 Å². The Kier molecular flexibility index (Phi) is 4.77. The molecule has 0 bridgehead atoms. The largest absolute Gasteiger partial charge is 0.453 e. The first kappa shape index (κ1) is 12.6. The third kappa shape index (κ3) is 4.54. The number of allylic oxidation sites excluding steroid dienone is 5. The predicted molar refractivity (Wildman–Crippen MR) is 49.4 cm³/mol. The van der Waals surface area contributed by atoms with Gasteiger partial charge in [0.1, 0.15) is 5.76 Å². The van der Waals surface area contributed by atoms with Crippen LogP contribution in [0, 0.1) is 0 Å². The van der Waals surface area contributed by atoms with E-state index in [4.69, 9.17) is 0 Å². The van der Waals surface area contributed by atoms with E-state index in [0.717, 1.165) is 0 Å². The van der Waals surface area contributed by atoms with E-state index in [1.165, 1.54) is 24.3 Å². The van der Waals surface area contributed by atoms with Crippen LogP contribution < -0.4 is 0 Å². The van der Waals surface area contributed by atoms with E-state index in [9.17, 15) is 13.2 Å². The molecule has 0 amide bonds. The molecule has 0 aromatic carbocycles. The van der Waals surface area contributed by atoms with Crippen molar-refractivity contribution in [2.24, 2.45) is 0 Å². The first-order chi connectivity index (χ1) is 6.41. The summed E-state index contributed by atoms with van der Waals surface area (Å²) in [7, 11) is 0. The van der Waals surface area contributed by atoms with Crippen LogP contribution >= 0.6 is 0 Å². The molecule has 0 unspecified atom stereocenters. The molecule has 0 radical (unpaired) electrons. The minimum absolute atomic E-state index is 0.0761. The Labute approximate surface area is 80.9 Å². The summed E-state index contributed by atoms with van der Waals surface area (Å²) in [5, 5.41) is 0. The molecule has 0 saturated heterocycles. The minimum Gasteiger partial charge on any atom is -0.453 e. The fourth-order valence-corrected chi connectivity index (χ4v) is 0.552. The number of hydrogen-bond donors (Lipinski definition) is 0. The Morgan fingerprint density at radius 2 is 1.93 bits per heavy atom. The summed E-state index contributed by atoms with van der Waals surface area (Å²) in [6, 6.07) is 0. The molecule has 4 heteroatoms. The predicted octanol–water partition coefficient (Wildman–Crippen LogP) is 3.73. The number of rotatable bonds is 4. The first-order valence-corrected chi connectivity index (χ1v) is 3.81. The van der Waals surface area contributed by atoms with Crippen molar-refractivity contribution in [1.82, 2.24) is 0 Å². The maximum absolute atomic E-state index is 12.0. The van der Waals surface area contributed by atoms with E-state index >= 15 is 0 Å². The van der Waals surface area contributed by atoms with E-state index in [1.54, 1.807) is 6.92 Å². The molecule has 0 aliphatic rings. The van der Waals surface area contributed by atoms with Crippen LogP contribution in [-0.2, 0) is 4.74 Å². The number of halogens is 3. The summed E-state index contributed by atoms with van der Waals surface area (Å²) in [4.78, 5) is 0. The zero-order chi connectivity index (χ0) is 11.2. The third-order valence-electron chi connectivity index (χ3n) is 1.24. The van der Waals surface area contributed by atoms with Gasteiger partial charge in [-0.05, 0) is 19.1 Å². The van der Waals surface area contributed by atoms with Gasteiger partial charge in [0.15, 0.2) is 0 Å². The van der Waals surface area contributed by atoms with E-state index in [-0.39, 0.29) is 5.76 Å². The minimum atomic E-state index is -4.53. The monoisotopic (exact) mass is 204 g/mol. The molecule has 1 nitrogen and oxygen atoms in total. The van der Waals surface area contributed by atoms with E-state index < -0.39 is 11.9 Å². The van der Waals surface area contributed by atoms with Gasteiger partial charge in [0.2, 0.25) is 5.76 Å². The van der Waals surface area contributed by atoms with Crippen molar-refractivity contribution in [3.8, 4) is 0 Å². The van der Waals surface area contributed by atoms with Crippen LogP contribution in [0.3, 0.4) is 0 Å². The molecule has 0 heterocycles. The van der Waals surface area contributed by atoms with Crippen molar-refractivity contribution in [1.29, 1.82) is 0 Å². The summed E-state index contributed by atoms with van der Waals surface area (Å²) in [6.45, 7) is 7.72. The van der Waals surface area contributed by atoms with Crippen LogP contribution in [0.5, 0.6) is 0 Å².